The lowest BCUT2D eigenvalue weighted by molar-refractivity contribution is -0.121. The number of nitrogens with zero attached hydrogens (tertiary/aromatic N) is 3. The van der Waals surface area contributed by atoms with E-state index in [0.717, 1.165) is 59.0 Å². The highest BCUT2D eigenvalue weighted by Gasteiger charge is 2.31. The van der Waals surface area contributed by atoms with Crippen LogP contribution >= 0.6 is 11.6 Å². The molecule has 2 amide bonds. The molecule has 1 fully saturated rings. The number of hydrogen-bond donors (Lipinski definition) is 1. The van der Waals surface area contributed by atoms with Crippen molar-refractivity contribution in [1.29, 1.82) is 0 Å². The monoisotopic (exact) mass is 462 g/mol. The fraction of sp³-hybridized carbons (Fsp3) is 0.385. The molecule has 1 aromatic carbocycles. The summed E-state index contributed by atoms with van der Waals surface area (Å²) < 4.78 is 0. The van der Waals surface area contributed by atoms with Crippen molar-refractivity contribution in [3.63, 3.8) is 0 Å². The van der Waals surface area contributed by atoms with Gasteiger partial charge in [-0.3, -0.25) is 14.6 Å². The smallest absolute Gasteiger partial charge is 0.254 e. The van der Waals surface area contributed by atoms with Gasteiger partial charge in [0, 0.05) is 36.3 Å². The number of rotatable bonds is 3. The summed E-state index contributed by atoms with van der Waals surface area (Å²) in [5.74, 6) is 0.369. The van der Waals surface area contributed by atoms with Crippen molar-refractivity contribution < 1.29 is 9.59 Å². The van der Waals surface area contributed by atoms with Crippen LogP contribution in [0.2, 0.25) is 5.02 Å². The maximum atomic E-state index is 13.8. The number of aryl methyl sites for hydroxylation is 2. The standard InChI is InChI=1S/C26H27ClN4O2/c1-16-6-8-22-20(14-16)24(19-4-2-3-5-21(19)29-22)26(33)31-12-10-17(11-13-31)25(32)30-23-9-7-18(27)15-28-23/h6-9,14-15,17H,2-5,10-13H2,1H3,(H,28,30,32). The molecule has 1 aliphatic heterocycles. The van der Waals surface area contributed by atoms with Crippen LogP contribution in [0.5, 0.6) is 0 Å². The number of halogens is 1. The third-order valence-corrected chi connectivity index (χ3v) is 6.99. The molecule has 3 aromatic rings. The Bertz CT molecular complexity index is 1220. The number of benzene rings is 1. The Morgan fingerprint density at radius 2 is 1.88 bits per heavy atom. The van der Waals surface area contributed by atoms with Crippen molar-refractivity contribution in [2.45, 2.75) is 45.4 Å². The highest BCUT2D eigenvalue weighted by Crippen LogP contribution is 2.32. The number of amides is 2. The normalized spacial score (nSPS) is 16.5. The number of hydrogen-bond acceptors (Lipinski definition) is 4. The number of likely N-dealkylation sites (tertiary alicyclic amines) is 1. The summed E-state index contributed by atoms with van der Waals surface area (Å²) in [4.78, 5) is 37.4. The lowest BCUT2D eigenvalue weighted by Crippen LogP contribution is -2.42. The van der Waals surface area contributed by atoms with E-state index in [2.05, 4.69) is 22.4 Å². The van der Waals surface area contributed by atoms with Gasteiger partial charge in [0.1, 0.15) is 5.82 Å². The molecule has 1 aliphatic carbocycles. The van der Waals surface area contributed by atoms with Crippen molar-refractivity contribution in [2.75, 3.05) is 18.4 Å². The first-order chi connectivity index (χ1) is 16.0. The van der Waals surface area contributed by atoms with Gasteiger partial charge in [0.2, 0.25) is 5.91 Å². The molecule has 0 spiro atoms. The molecule has 1 N–H and O–H groups in total. The highest BCUT2D eigenvalue weighted by atomic mass is 35.5. The Kier molecular flexibility index (Phi) is 6.02. The number of anilines is 1. The van der Waals surface area contributed by atoms with Gasteiger partial charge in [0.05, 0.1) is 16.1 Å². The summed E-state index contributed by atoms with van der Waals surface area (Å²) in [7, 11) is 0. The molecule has 5 rings (SSSR count). The van der Waals surface area contributed by atoms with Crippen LogP contribution < -0.4 is 5.32 Å². The molecule has 6 nitrogen and oxygen atoms in total. The van der Waals surface area contributed by atoms with E-state index in [1.807, 2.05) is 17.9 Å². The molecule has 0 atom stereocenters. The van der Waals surface area contributed by atoms with Crippen LogP contribution in [0.3, 0.4) is 0 Å². The van der Waals surface area contributed by atoms with E-state index >= 15 is 0 Å². The van der Waals surface area contributed by atoms with Crippen molar-refractivity contribution in [1.82, 2.24) is 14.9 Å². The molecule has 3 heterocycles. The van der Waals surface area contributed by atoms with E-state index in [1.54, 1.807) is 12.1 Å². The van der Waals surface area contributed by atoms with Gasteiger partial charge in [-0.25, -0.2) is 4.98 Å². The maximum Gasteiger partial charge on any atom is 0.254 e. The quantitative estimate of drug-likeness (QED) is 0.596. The topological polar surface area (TPSA) is 75.2 Å². The summed E-state index contributed by atoms with van der Waals surface area (Å²) in [5.41, 5.74) is 5.05. The Morgan fingerprint density at radius 1 is 1.09 bits per heavy atom. The van der Waals surface area contributed by atoms with Gasteiger partial charge in [0.25, 0.3) is 5.91 Å². The lowest BCUT2D eigenvalue weighted by Gasteiger charge is -2.32. The third kappa shape index (κ3) is 4.44. The minimum Gasteiger partial charge on any atom is -0.339 e. The number of carbonyl (C=O) groups excluding carboxylic acids is 2. The molecular weight excluding hydrogens is 436 g/mol. The minimum absolute atomic E-state index is 0.0562. The van der Waals surface area contributed by atoms with Crippen LogP contribution in [0.1, 0.15) is 52.9 Å². The number of nitrogens with one attached hydrogen (secondary N) is 1. The first-order valence-electron chi connectivity index (χ1n) is 11.6. The predicted molar refractivity (Wildman–Crippen MR) is 130 cm³/mol. The Balaban J connectivity index is 1.34. The van der Waals surface area contributed by atoms with Gasteiger partial charge in [0.15, 0.2) is 0 Å². The number of carbonyl (C=O) groups is 2. The zero-order valence-corrected chi connectivity index (χ0v) is 19.5. The molecule has 2 aliphatic rings. The minimum atomic E-state index is -0.142. The second-order valence-electron chi connectivity index (χ2n) is 9.06. The van der Waals surface area contributed by atoms with E-state index in [1.165, 1.54) is 6.20 Å². The first-order valence-corrected chi connectivity index (χ1v) is 12.0. The predicted octanol–water partition coefficient (Wildman–Crippen LogP) is 4.96. The van der Waals surface area contributed by atoms with Crippen LogP contribution in [0.25, 0.3) is 10.9 Å². The van der Waals surface area contributed by atoms with Crippen LogP contribution in [0.4, 0.5) is 5.82 Å². The summed E-state index contributed by atoms with van der Waals surface area (Å²) in [6, 6.07) is 9.56. The Morgan fingerprint density at radius 3 is 2.64 bits per heavy atom. The molecule has 7 heteroatoms. The SMILES string of the molecule is Cc1ccc2nc3c(c(C(=O)N4CCC(C(=O)Nc5ccc(Cl)cn5)CC4)c2c1)CCCC3. The van der Waals surface area contributed by atoms with Gasteiger partial charge < -0.3 is 10.2 Å². The zero-order chi connectivity index (χ0) is 22.9. The Labute approximate surface area is 198 Å². The fourth-order valence-electron chi connectivity index (χ4n) is 4.96. The van der Waals surface area contributed by atoms with E-state index in [0.29, 0.717) is 36.8 Å². The highest BCUT2D eigenvalue weighted by molar-refractivity contribution is 6.30. The Hall–Kier alpha value is -2.99. The summed E-state index contributed by atoms with van der Waals surface area (Å²) >= 11 is 5.87. The van der Waals surface area contributed by atoms with Gasteiger partial charge in [-0.2, -0.15) is 0 Å². The van der Waals surface area contributed by atoms with Crippen molar-refractivity contribution >= 4 is 40.1 Å². The third-order valence-electron chi connectivity index (χ3n) is 6.76. The van der Waals surface area contributed by atoms with Crippen LogP contribution in [-0.4, -0.2) is 39.8 Å². The van der Waals surface area contributed by atoms with Gasteiger partial charge >= 0.3 is 0 Å². The van der Waals surface area contributed by atoms with E-state index in [-0.39, 0.29) is 17.7 Å². The molecule has 170 valence electrons. The van der Waals surface area contributed by atoms with Gasteiger partial charge in [-0.1, -0.05) is 23.2 Å². The van der Waals surface area contributed by atoms with Crippen molar-refractivity contribution in [3.05, 3.63) is 63.9 Å². The molecule has 33 heavy (non-hydrogen) atoms. The van der Waals surface area contributed by atoms with Gasteiger partial charge in [-0.05, 0) is 75.3 Å². The zero-order valence-electron chi connectivity index (χ0n) is 18.7. The maximum absolute atomic E-state index is 13.8. The average Bonchev–Trinajstić information content (AvgIpc) is 2.84. The average molecular weight is 463 g/mol. The largest absolute Gasteiger partial charge is 0.339 e. The molecule has 2 aromatic heterocycles. The molecule has 0 unspecified atom stereocenters. The first kappa shape index (κ1) is 21.8. The number of piperidine rings is 1. The van der Waals surface area contributed by atoms with Crippen molar-refractivity contribution in [3.8, 4) is 0 Å². The van der Waals surface area contributed by atoms with E-state index < -0.39 is 0 Å². The molecule has 0 saturated carbocycles. The summed E-state index contributed by atoms with van der Waals surface area (Å²) in [6.07, 6.45) is 6.83. The van der Waals surface area contributed by atoms with Crippen LogP contribution in [0.15, 0.2) is 36.5 Å². The second-order valence-corrected chi connectivity index (χ2v) is 9.49. The van der Waals surface area contributed by atoms with Crippen molar-refractivity contribution in [2.24, 2.45) is 5.92 Å². The van der Waals surface area contributed by atoms with Crippen LogP contribution in [0, 0.1) is 12.8 Å². The van der Waals surface area contributed by atoms with E-state index in [9.17, 15) is 9.59 Å². The van der Waals surface area contributed by atoms with Crippen LogP contribution in [-0.2, 0) is 17.6 Å². The summed E-state index contributed by atoms with van der Waals surface area (Å²) in [6.45, 7) is 3.18. The fourth-order valence-corrected chi connectivity index (χ4v) is 5.07. The second kappa shape index (κ2) is 9.10. The van der Waals surface area contributed by atoms with E-state index in [4.69, 9.17) is 16.6 Å². The molecular formula is C26H27ClN4O2. The molecule has 1 saturated heterocycles. The number of fused-ring (bicyclic) bond motifs is 2. The number of pyridine rings is 2. The number of aromatic nitrogens is 2. The summed E-state index contributed by atoms with van der Waals surface area (Å²) in [5, 5.41) is 4.35. The van der Waals surface area contributed by atoms with Gasteiger partial charge in [-0.15, -0.1) is 0 Å². The molecule has 0 radical (unpaired) electrons. The lowest BCUT2D eigenvalue weighted by atomic mass is 9.88. The molecule has 0 bridgehead atoms.